The fourth-order valence-corrected chi connectivity index (χ4v) is 2.17. The Balaban J connectivity index is 2.57. The van der Waals surface area contributed by atoms with Crippen molar-refractivity contribution in [2.75, 3.05) is 38.6 Å². The lowest BCUT2D eigenvalue weighted by molar-refractivity contribution is -0.121. The van der Waals surface area contributed by atoms with Gasteiger partial charge in [-0.1, -0.05) is 0 Å². The number of nitrogens with one attached hydrogen (secondary N) is 1. The lowest BCUT2D eigenvalue weighted by Crippen LogP contribution is -2.36. The summed E-state index contributed by atoms with van der Waals surface area (Å²) in [4.78, 5) is 27.4. The molecule has 0 saturated carbocycles. The molecule has 0 aliphatic heterocycles. The van der Waals surface area contributed by atoms with E-state index in [2.05, 4.69) is 5.32 Å². The normalized spacial score (nSPS) is 10.8. The molecule has 0 fully saturated rings. The molecule has 1 aromatic carbocycles. The Kier molecular flexibility index (Phi) is 8.26. The fourth-order valence-electron chi connectivity index (χ4n) is 2.17. The van der Waals surface area contributed by atoms with Crippen molar-refractivity contribution < 1.29 is 14.3 Å². The maximum atomic E-state index is 11.9. The molecule has 2 amide bonds. The van der Waals surface area contributed by atoms with Gasteiger partial charge < -0.3 is 19.9 Å². The summed E-state index contributed by atoms with van der Waals surface area (Å²) in [5, 5.41) is 2.85. The van der Waals surface area contributed by atoms with E-state index in [9.17, 15) is 9.59 Å². The molecular weight excluding hydrogens is 306 g/mol. The van der Waals surface area contributed by atoms with Crippen LogP contribution in [0.25, 0.3) is 0 Å². The number of anilines is 1. The van der Waals surface area contributed by atoms with E-state index in [4.69, 9.17) is 4.74 Å². The quantitative estimate of drug-likeness (QED) is 0.749. The highest BCUT2D eigenvalue weighted by Gasteiger charge is 2.13. The Labute approximate surface area is 144 Å². The van der Waals surface area contributed by atoms with Crippen LogP contribution in [-0.4, -0.2) is 56.5 Å². The number of likely N-dealkylation sites (N-methyl/N-ethyl adjacent to an activating group) is 1. The maximum Gasteiger partial charge on any atom is 0.223 e. The fraction of sp³-hybridized carbons (Fsp3) is 0.556. The summed E-state index contributed by atoms with van der Waals surface area (Å²) in [7, 11) is 3.91. The van der Waals surface area contributed by atoms with Crippen molar-refractivity contribution in [2.45, 2.75) is 33.3 Å². The Morgan fingerprint density at radius 2 is 1.75 bits per heavy atom. The zero-order valence-corrected chi connectivity index (χ0v) is 15.3. The molecule has 1 aromatic rings. The van der Waals surface area contributed by atoms with E-state index < -0.39 is 0 Å². The van der Waals surface area contributed by atoms with E-state index in [0.29, 0.717) is 13.1 Å². The third-order valence-corrected chi connectivity index (χ3v) is 3.34. The number of amides is 2. The van der Waals surface area contributed by atoms with Crippen LogP contribution in [0.3, 0.4) is 0 Å². The molecule has 0 heterocycles. The van der Waals surface area contributed by atoms with Crippen molar-refractivity contribution in [3.05, 3.63) is 24.3 Å². The number of carbonyl (C=O) groups excluding carboxylic acids is 2. The first kappa shape index (κ1) is 20.0. The summed E-state index contributed by atoms with van der Waals surface area (Å²) in [6, 6.07) is 7.34. The molecule has 0 aliphatic carbocycles. The zero-order chi connectivity index (χ0) is 18.1. The largest absolute Gasteiger partial charge is 0.491 e. The standard InChI is InChI=1S/C18H29N3O3/c1-14(2)24-17-8-6-16(7-9-17)21(15(3)22)12-10-18(23)19-11-13-20(4)5/h6-9,14H,10-13H2,1-5H3,(H,19,23). The average molecular weight is 335 g/mol. The monoisotopic (exact) mass is 335 g/mol. The number of benzene rings is 1. The van der Waals surface area contributed by atoms with Gasteiger partial charge in [0.1, 0.15) is 5.75 Å². The van der Waals surface area contributed by atoms with Crippen molar-refractivity contribution in [2.24, 2.45) is 0 Å². The van der Waals surface area contributed by atoms with E-state index in [-0.39, 0.29) is 24.3 Å². The predicted molar refractivity (Wildman–Crippen MR) is 96.4 cm³/mol. The van der Waals surface area contributed by atoms with Gasteiger partial charge in [0.05, 0.1) is 6.10 Å². The molecule has 1 rings (SSSR count). The summed E-state index contributed by atoms with van der Waals surface area (Å²) in [5.74, 6) is 0.621. The van der Waals surface area contributed by atoms with Gasteiger partial charge in [-0.05, 0) is 52.2 Å². The van der Waals surface area contributed by atoms with Crippen LogP contribution in [0.2, 0.25) is 0 Å². The van der Waals surface area contributed by atoms with Crippen LogP contribution in [0.4, 0.5) is 5.69 Å². The lowest BCUT2D eigenvalue weighted by Gasteiger charge is -2.21. The second kappa shape index (κ2) is 9.93. The van der Waals surface area contributed by atoms with Gasteiger partial charge in [0.2, 0.25) is 11.8 Å². The summed E-state index contributed by atoms with van der Waals surface area (Å²) < 4.78 is 5.60. The molecule has 0 spiro atoms. The van der Waals surface area contributed by atoms with E-state index in [1.54, 1.807) is 4.90 Å². The van der Waals surface area contributed by atoms with Gasteiger partial charge in [0.15, 0.2) is 0 Å². The van der Waals surface area contributed by atoms with E-state index in [0.717, 1.165) is 18.0 Å². The van der Waals surface area contributed by atoms with Crippen molar-refractivity contribution in [1.29, 1.82) is 0 Å². The minimum Gasteiger partial charge on any atom is -0.491 e. The SMILES string of the molecule is CC(=O)N(CCC(=O)NCCN(C)C)c1ccc(OC(C)C)cc1. The van der Waals surface area contributed by atoms with Gasteiger partial charge in [-0.15, -0.1) is 0 Å². The first-order chi connectivity index (χ1) is 11.3. The van der Waals surface area contributed by atoms with E-state index >= 15 is 0 Å². The van der Waals surface area contributed by atoms with Crippen molar-refractivity contribution in [3.8, 4) is 5.75 Å². The van der Waals surface area contributed by atoms with Crippen LogP contribution in [0.1, 0.15) is 27.2 Å². The highest BCUT2D eigenvalue weighted by Crippen LogP contribution is 2.20. The number of carbonyl (C=O) groups is 2. The summed E-state index contributed by atoms with van der Waals surface area (Å²) in [6.07, 6.45) is 0.377. The molecule has 0 unspecified atom stereocenters. The molecular formula is C18H29N3O3. The number of hydrogen-bond acceptors (Lipinski definition) is 4. The van der Waals surface area contributed by atoms with Crippen LogP contribution in [0, 0.1) is 0 Å². The van der Waals surface area contributed by atoms with Crippen molar-refractivity contribution in [3.63, 3.8) is 0 Å². The van der Waals surface area contributed by atoms with Crippen LogP contribution in [-0.2, 0) is 9.59 Å². The van der Waals surface area contributed by atoms with E-state index in [1.807, 2.05) is 57.1 Å². The van der Waals surface area contributed by atoms with Gasteiger partial charge in [0, 0.05) is 38.7 Å². The Morgan fingerprint density at radius 3 is 2.25 bits per heavy atom. The first-order valence-electron chi connectivity index (χ1n) is 8.26. The molecule has 1 N–H and O–H groups in total. The Morgan fingerprint density at radius 1 is 1.12 bits per heavy atom. The van der Waals surface area contributed by atoms with Crippen molar-refractivity contribution >= 4 is 17.5 Å². The zero-order valence-electron chi connectivity index (χ0n) is 15.3. The van der Waals surface area contributed by atoms with Crippen molar-refractivity contribution in [1.82, 2.24) is 10.2 Å². The van der Waals surface area contributed by atoms with Gasteiger partial charge in [0.25, 0.3) is 0 Å². The second-order valence-corrected chi connectivity index (χ2v) is 6.23. The first-order valence-corrected chi connectivity index (χ1v) is 8.26. The van der Waals surface area contributed by atoms with Crippen LogP contribution in [0.15, 0.2) is 24.3 Å². The molecule has 0 radical (unpaired) electrons. The number of ether oxygens (including phenoxy) is 1. The molecule has 0 aromatic heterocycles. The van der Waals surface area contributed by atoms with Gasteiger partial charge >= 0.3 is 0 Å². The minimum atomic E-state index is -0.0892. The molecule has 24 heavy (non-hydrogen) atoms. The predicted octanol–water partition coefficient (Wildman–Crippen LogP) is 1.89. The summed E-state index contributed by atoms with van der Waals surface area (Å²) >= 11 is 0. The second-order valence-electron chi connectivity index (χ2n) is 6.23. The average Bonchev–Trinajstić information content (AvgIpc) is 2.47. The summed E-state index contributed by atoms with van der Waals surface area (Å²) in [5.41, 5.74) is 0.764. The molecule has 6 nitrogen and oxygen atoms in total. The third kappa shape index (κ3) is 7.46. The molecule has 0 atom stereocenters. The van der Waals surface area contributed by atoms with Gasteiger partial charge in [-0.25, -0.2) is 0 Å². The van der Waals surface area contributed by atoms with Crippen LogP contribution < -0.4 is 15.0 Å². The Bertz CT molecular complexity index is 527. The van der Waals surface area contributed by atoms with Crippen LogP contribution in [0.5, 0.6) is 5.75 Å². The third-order valence-electron chi connectivity index (χ3n) is 3.34. The molecule has 6 heteroatoms. The van der Waals surface area contributed by atoms with Crippen LogP contribution >= 0.6 is 0 Å². The number of hydrogen-bond donors (Lipinski definition) is 1. The molecule has 0 aliphatic rings. The molecule has 0 saturated heterocycles. The smallest absolute Gasteiger partial charge is 0.223 e. The Hall–Kier alpha value is -2.08. The van der Waals surface area contributed by atoms with E-state index in [1.165, 1.54) is 6.92 Å². The number of nitrogens with zero attached hydrogens (tertiary/aromatic N) is 2. The van der Waals surface area contributed by atoms with Gasteiger partial charge in [-0.2, -0.15) is 0 Å². The summed E-state index contributed by atoms with van der Waals surface area (Å²) in [6.45, 7) is 7.18. The maximum absolute atomic E-state index is 11.9. The number of rotatable bonds is 9. The molecule has 134 valence electrons. The minimum absolute atomic E-state index is 0.0529. The lowest BCUT2D eigenvalue weighted by atomic mass is 10.2. The topological polar surface area (TPSA) is 61.9 Å². The molecule has 0 bridgehead atoms. The van der Waals surface area contributed by atoms with Gasteiger partial charge in [-0.3, -0.25) is 9.59 Å². The highest BCUT2D eigenvalue weighted by molar-refractivity contribution is 5.92. The highest BCUT2D eigenvalue weighted by atomic mass is 16.5.